The van der Waals surface area contributed by atoms with Gasteiger partial charge in [0, 0.05) is 6.04 Å². The van der Waals surface area contributed by atoms with Crippen molar-refractivity contribution in [1.29, 1.82) is 0 Å². The minimum absolute atomic E-state index is 0.0812. The Hall–Kier alpha value is -1.23. The number of hydrogen-bond acceptors (Lipinski definition) is 2. The summed E-state index contributed by atoms with van der Waals surface area (Å²) < 4.78 is 42.1. The number of halogens is 3. The van der Waals surface area contributed by atoms with Crippen LogP contribution >= 0.6 is 0 Å². The molecule has 2 nitrogen and oxygen atoms in total. The molecule has 0 saturated carbocycles. The fourth-order valence-corrected chi connectivity index (χ4v) is 1.40. The maximum absolute atomic E-state index is 12.3. The molecule has 0 aliphatic carbocycles. The molecule has 0 heterocycles. The van der Waals surface area contributed by atoms with E-state index >= 15 is 0 Å². The quantitative estimate of drug-likeness (QED) is 0.873. The van der Waals surface area contributed by atoms with Gasteiger partial charge in [0.05, 0.1) is 5.56 Å². The van der Waals surface area contributed by atoms with E-state index < -0.39 is 11.7 Å². The van der Waals surface area contributed by atoms with E-state index in [0.717, 1.165) is 25.0 Å². The topological polar surface area (TPSA) is 35.2 Å². The van der Waals surface area contributed by atoms with Gasteiger partial charge >= 0.3 is 6.18 Å². The van der Waals surface area contributed by atoms with Gasteiger partial charge in [-0.1, -0.05) is 27.2 Å². The highest BCUT2D eigenvalue weighted by Crippen LogP contribution is 2.30. The second-order valence-corrected chi connectivity index (χ2v) is 3.88. The molecular formula is C14H22F3NO. The average molecular weight is 277 g/mol. The Morgan fingerprint density at radius 3 is 2.11 bits per heavy atom. The van der Waals surface area contributed by atoms with Crippen molar-refractivity contribution in [2.24, 2.45) is 5.73 Å². The summed E-state index contributed by atoms with van der Waals surface area (Å²) in [6.45, 7) is 6.33. The lowest BCUT2D eigenvalue weighted by atomic mass is 10.2. The first-order valence-corrected chi connectivity index (χ1v) is 6.49. The highest BCUT2D eigenvalue weighted by Gasteiger charge is 2.29. The minimum Gasteiger partial charge on any atom is -0.492 e. The van der Waals surface area contributed by atoms with Crippen LogP contribution in [0.2, 0.25) is 0 Å². The summed E-state index contributed by atoms with van der Waals surface area (Å²) in [5.74, 6) is 0.407. The van der Waals surface area contributed by atoms with Crippen LogP contribution in [-0.2, 0) is 6.18 Å². The largest absolute Gasteiger partial charge is 0.492 e. The summed E-state index contributed by atoms with van der Waals surface area (Å²) in [5, 5.41) is 0. The molecule has 1 aromatic carbocycles. The fourth-order valence-electron chi connectivity index (χ4n) is 1.40. The maximum Gasteiger partial charge on any atom is 0.416 e. The summed E-state index contributed by atoms with van der Waals surface area (Å²) in [7, 11) is 0. The highest BCUT2D eigenvalue weighted by atomic mass is 19.4. The zero-order valence-corrected chi connectivity index (χ0v) is 11.6. The minimum atomic E-state index is -4.31. The van der Waals surface area contributed by atoms with Gasteiger partial charge in [0.2, 0.25) is 0 Å². The van der Waals surface area contributed by atoms with E-state index in [1.165, 1.54) is 12.1 Å². The zero-order valence-electron chi connectivity index (χ0n) is 11.6. The van der Waals surface area contributed by atoms with Gasteiger partial charge in [-0.25, -0.2) is 0 Å². The van der Waals surface area contributed by atoms with E-state index in [1.54, 1.807) is 0 Å². The average Bonchev–Trinajstić information content (AvgIpc) is 2.38. The van der Waals surface area contributed by atoms with E-state index in [-0.39, 0.29) is 6.04 Å². The molecule has 0 radical (unpaired) electrons. The Morgan fingerprint density at radius 1 is 1.16 bits per heavy atom. The molecule has 1 rings (SSSR count). The van der Waals surface area contributed by atoms with Crippen LogP contribution in [0.1, 0.15) is 39.2 Å². The molecule has 19 heavy (non-hydrogen) atoms. The maximum atomic E-state index is 12.3. The number of ether oxygens (including phenoxy) is 1. The normalized spacial score (nSPS) is 12.4. The predicted molar refractivity (Wildman–Crippen MR) is 71.2 cm³/mol. The van der Waals surface area contributed by atoms with Crippen molar-refractivity contribution in [3.8, 4) is 5.75 Å². The number of nitrogens with two attached hydrogens (primary N) is 1. The molecule has 5 heteroatoms. The van der Waals surface area contributed by atoms with Crippen molar-refractivity contribution in [2.45, 2.75) is 45.8 Å². The fraction of sp³-hybridized carbons (Fsp3) is 0.571. The number of alkyl halides is 3. The van der Waals surface area contributed by atoms with Crippen LogP contribution in [0.25, 0.3) is 0 Å². The van der Waals surface area contributed by atoms with Crippen molar-refractivity contribution in [1.82, 2.24) is 0 Å². The molecule has 0 amide bonds. The lowest BCUT2D eigenvalue weighted by Gasteiger charge is -2.13. The second-order valence-electron chi connectivity index (χ2n) is 3.88. The lowest BCUT2D eigenvalue weighted by molar-refractivity contribution is -0.137. The molecule has 110 valence electrons. The van der Waals surface area contributed by atoms with Gasteiger partial charge < -0.3 is 10.5 Å². The summed E-state index contributed by atoms with van der Waals surface area (Å²) in [6, 6.07) is 4.53. The predicted octanol–water partition coefficient (Wildman–Crippen LogP) is 4.24. The van der Waals surface area contributed by atoms with Gasteiger partial charge in [-0.2, -0.15) is 13.2 Å². The summed E-state index contributed by atoms with van der Waals surface area (Å²) in [5.41, 5.74) is 5.05. The Kier molecular flexibility index (Phi) is 8.23. The van der Waals surface area contributed by atoms with Crippen LogP contribution < -0.4 is 10.5 Å². The van der Waals surface area contributed by atoms with Gasteiger partial charge in [-0.15, -0.1) is 0 Å². The molecule has 0 aliphatic rings. The van der Waals surface area contributed by atoms with E-state index in [4.69, 9.17) is 10.5 Å². The molecule has 1 atom stereocenters. The van der Waals surface area contributed by atoms with Crippen molar-refractivity contribution in [3.63, 3.8) is 0 Å². The molecule has 1 unspecified atom stereocenters. The van der Waals surface area contributed by atoms with Crippen LogP contribution in [0.3, 0.4) is 0 Å². The Labute approximate surface area is 112 Å². The third kappa shape index (κ3) is 7.06. The molecule has 1 aromatic rings. The number of benzene rings is 1. The third-order valence-corrected chi connectivity index (χ3v) is 2.31. The summed E-state index contributed by atoms with van der Waals surface area (Å²) in [4.78, 5) is 0. The van der Waals surface area contributed by atoms with Gasteiger partial charge in [0.15, 0.2) is 0 Å². The van der Waals surface area contributed by atoms with Crippen LogP contribution in [0.5, 0.6) is 5.75 Å². The molecule has 0 bridgehead atoms. The van der Waals surface area contributed by atoms with Crippen molar-refractivity contribution < 1.29 is 17.9 Å². The number of rotatable bonds is 5. The Balaban J connectivity index is 0.00000154. The van der Waals surface area contributed by atoms with Crippen molar-refractivity contribution in [3.05, 3.63) is 29.8 Å². The molecule has 0 fully saturated rings. The summed E-state index contributed by atoms with van der Waals surface area (Å²) >= 11 is 0. The van der Waals surface area contributed by atoms with Crippen LogP contribution in [0, 0.1) is 0 Å². The summed E-state index contributed by atoms with van der Waals surface area (Å²) in [6.07, 6.45) is -2.52. The highest BCUT2D eigenvalue weighted by molar-refractivity contribution is 5.28. The standard InChI is InChI=1S/C12H16F3NO.C2H6/c1-2-3-10(16)8-17-11-6-4-9(5-7-11)12(13,14)15;1-2/h4-7,10H,2-3,8,16H2,1H3;1-2H3. The number of hydrogen-bond donors (Lipinski definition) is 1. The van der Waals surface area contributed by atoms with Gasteiger partial charge in [-0.3, -0.25) is 0 Å². The molecule has 0 spiro atoms. The van der Waals surface area contributed by atoms with E-state index in [9.17, 15) is 13.2 Å². The van der Waals surface area contributed by atoms with Gasteiger partial charge in [0.25, 0.3) is 0 Å². The lowest BCUT2D eigenvalue weighted by Crippen LogP contribution is -2.27. The van der Waals surface area contributed by atoms with E-state index in [1.807, 2.05) is 20.8 Å². The van der Waals surface area contributed by atoms with E-state index in [2.05, 4.69) is 0 Å². The smallest absolute Gasteiger partial charge is 0.416 e. The third-order valence-electron chi connectivity index (χ3n) is 2.31. The van der Waals surface area contributed by atoms with Gasteiger partial charge in [0.1, 0.15) is 12.4 Å². The second kappa shape index (κ2) is 8.80. The van der Waals surface area contributed by atoms with Crippen molar-refractivity contribution in [2.75, 3.05) is 6.61 Å². The molecule has 0 aromatic heterocycles. The van der Waals surface area contributed by atoms with Crippen LogP contribution in [0.15, 0.2) is 24.3 Å². The zero-order chi connectivity index (χ0) is 14.9. The first-order valence-electron chi connectivity index (χ1n) is 6.49. The Bertz CT molecular complexity index is 336. The molecule has 0 saturated heterocycles. The first kappa shape index (κ1) is 17.8. The van der Waals surface area contributed by atoms with Crippen molar-refractivity contribution >= 4 is 0 Å². The Morgan fingerprint density at radius 2 is 1.68 bits per heavy atom. The SMILES string of the molecule is CC.CCCC(N)COc1ccc(C(F)(F)F)cc1. The van der Waals surface area contributed by atoms with Gasteiger partial charge in [-0.05, 0) is 30.7 Å². The van der Waals surface area contributed by atoms with Crippen LogP contribution in [-0.4, -0.2) is 12.6 Å². The molecule has 0 aliphatic heterocycles. The van der Waals surface area contributed by atoms with Crippen LogP contribution in [0.4, 0.5) is 13.2 Å². The van der Waals surface area contributed by atoms with E-state index in [0.29, 0.717) is 12.4 Å². The first-order chi connectivity index (χ1) is 8.93. The molecule has 2 N–H and O–H groups in total. The molecular weight excluding hydrogens is 255 g/mol. The monoisotopic (exact) mass is 277 g/mol.